The van der Waals surface area contributed by atoms with Gasteiger partial charge in [0.15, 0.2) is 12.1 Å². The second kappa shape index (κ2) is 29.9. The van der Waals surface area contributed by atoms with Gasteiger partial charge in [-0.3, -0.25) is 9.59 Å². The fourth-order valence-electron chi connectivity index (χ4n) is 9.10. The number of aliphatic hydroxyl groups excluding tert-OH is 10. The van der Waals surface area contributed by atoms with E-state index in [1.54, 1.807) is 61.6 Å². The lowest BCUT2D eigenvalue weighted by Gasteiger charge is -2.46. The van der Waals surface area contributed by atoms with Crippen molar-refractivity contribution in [1.29, 1.82) is 0 Å². The molecule has 19 nitrogen and oxygen atoms in total. The number of fused-ring (bicyclic) bond motifs is 2. The number of nitrogens with one attached hydrogen (secondary N) is 1. The van der Waals surface area contributed by atoms with Crippen molar-refractivity contribution in [3.63, 3.8) is 0 Å². The van der Waals surface area contributed by atoms with Crippen molar-refractivity contribution < 1.29 is 84.7 Å². The summed E-state index contributed by atoms with van der Waals surface area (Å²) in [4.78, 5) is 26.6. The van der Waals surface area contributed by atoms with Crippen molar-refractivity contribution >= 4 is 11.9 Å². The number of allylic oxidation sites excluding steroid dienone is 12. The van der Waals surface area contributed by atoms with Gasteiger partial charge in [0, 0.05) is 44.1 Å². The first-order chi connectivity index (χ1) is 33.2. The molecule has 2 saturated heterocycles. The Hall–Kier alpha value is -3.48. The maximum absolute atomic E-state index is 14.0. The molecule has 1 amide bonds. The summed E-state index contributed by atoms with van der Waals surface area (Å²) in [6.45, 7) is 3.20. The van der Waals surface area contributed by atoms with Crippen molar-refractivity contribution in [2.24, 2.45) is 17.6 Å². The van der Waals surface area contributed by atoms with Crippen LogP contribution in [0.5, 0.6) is 0 Å². The van der Waals surface area contributed by atoms with Crippen LogP contribution < -0.4 is 11.1 Å². The molecule has 3 aliphatic heterocycles. The Morgan fingerprint density at radius 1 is 0.657 bits per heavy atom. The first kappa shape index (κ1) is 59.1. The highest BCUT2D eigenvalue weighted by molar-refractivity contribution is 5.80. The SMILES string of the molecule is C[C@H]1C[C@H](O)[C@@H](C)/C=C/C=C/C=C/C=C/C=C/C=C/C=C/C(O[C@@H]2OC[C@@H](O)[C@H](N)[C@@H]2O)C[C@@H]2OC(O)(CC(O)C[C@@H](O)C(O)CCC(O)CC(O)CC(=O)O1)C[C@H](O)C2C(=O)N[C@H]1CCC[C@@H](O)C1. The van der Waals surface area contributed by atoms with E-state index in [9.17, 15) is 65.8 Å². The van der Waals surface area contributed by atoms with Gasteiger partial charge < -0.3 is 86.2 Å². The molecule has 0 aromatic carbocycles. The molecule has 70 heavy (non-hydrogen) atoms. The predicted molar refractivity (Wildman–Crippen MR) is 257 cm³/mol. The van der Waals surface area contributed by atoms with E-state index in [0.717, 1.165) is 0 Å². The molecule has 1 saturated carbocycles. The van der Waals surface area contributed by atoms with Crippen molar-refractivity contribution in [2.45, 2.75) is 201 Å². The van der Waals surface area contributed by atoms with Crippen molar-refractivity contribution in [3.05, 3.63) is 85.1 Å². The van der Waals surface area contributed by atoms with Crippen molar-refractivity contribution in [2.75, 3.05) is 6.61 Å². The number of carbonyl (C=O) groups excluding carboxylic acids is 2. The minimum absolute atomic E-state index is 0.0965. The summed E-state index contributed by atoms with van der Waals surface area (Å²) in [6.07, 6.45) is 7.16. The Balaban J connectivity index is 1.58. The van der Waals surface area contributed by atoms with Gasteiger partial charge in [-0.1, -0.05) is 92.0 Å². The number of hydrogen-bond donors (Lipinski definition) is 13. The molecule has 7 unspecified atom stereocenters. The van der Waals surface area contributed by atoms with E-state index in [2.05, 4.69) is 5.32 Å². The van der Waals surface area contributed by atoms with Gasteiger partial charge >= 0.3 is 5.97 Å². The summed E-state index contributed by atoms with van der Waals surface area (Å²) in [5.41, 5.74) is 6.03. The van der Waals surface area contributed by atoms with Gasteiger partial charge in [0.05, 0.1) is 92.1 Å². The molecular weight excluding hydrogens is 913 g/mol. The number of amides is 1. The molecule has 3 fully saturated rings. The molecule has 1 aliphatic carbocycles. The minimum atomic E-state index is -2.28. The van der Waals surface area contributed by atoms with E-state index in [4.69, 9.17) is 24.7 Å². The van der Waals surface area contributed by atoms with E-state index < -0.39 is 147 Å². The third-order valence-electron chi connectivity index (χ3n) is 13.1. The zero-order valence-electron chi connectivity index (χ0n) is 40.3. The Morgan fingerprint density at radius 2 is 1.27 bits per heavy atom. The maximum atomic E-state index is 14.0. The number of carbonyl (C=O) groups is 2. The van der Waals surface area contributed by atoms with Gasteiger partial charge in [-0.15, -0.1) is 0 Å². The monoisotopic (exact) mass is 993 g/mol. The van der Waals surface area contributed by atoms with Crippen LogP contribution in [0, 0.1) is 11.8 Å². The summed E-state index contributed by atoms with van der Waals surface area (Å²) in [5.74, 6) is -5.18. The molecule has 19 atom stereocenters. The lowest BCUT2D eigenvalue weighted by molar-refractivity contribution is -0.304. The van der Waals surface area contributed by atoms with Crippen LogP contribution in [-0.2, 0) is 28.5 Å². The summed E-state index contributed by atoms with van der Waals surface area (Å²) >= 11 is 0. The fraction of sp³-hybridized carbons (Fsp3) is 0.686. The topological polar surface area (TPSA) is 332 Å². The standard InChI is InChI=1S/C51H80N2O17/c1-31-16-13-11-9-7-5-3-4-6-8-10-12-14-19-38(69-50-48(64)47(52)43(62)30-67-50)27-44-46(49(65)53-33-17-15-18-34(54)23-33)42(61)29-51(66,70-44)28-37(57)25-41(60)39(58)21-20-35(55)24-36(56)26-45(63)68-32(2)22-40(31)59/h3-14,16,19,31-44,46-48,50,54-62,64,66H,15,17-18,20-30,52H2,1-2H3,(H,53,65)/b4-3+,7-5+,8-6+,11-9+,12-10+,16-13+,19-14+/t31-,32-,33-,34+,35?,36?,37?,38?,39?,40-,41+,42-,43+,44-,46?,47-,48-,50-,51?/m0/s1. The molecule has 0 radical (unpaired) electrons. The highest BCUT2D eigenvalue weighted by Crippen LogP contribution is 2.38. The van der Waals surface area contributed by atoms with Crippen LogP contribution in [0.25, 0.3) is 0 Å². The van der Waals surface area contributed by atoms with Crippen LogP contribution in [0.4, 0.5) is 0 Å². The zero-order valence-corrected chi connectivity index (χ0v) is 40.3. The number of rotatable bonds is 4. The van der Waals surface area contributed by atoms with Crippen LogP contribution in [0.2, 0.25) is 0 Å². The Bertz CT molecular complexity index is 1790. The first-order valence-corrected chi connectivity index (χ1v) is 24.6. The van der Waals surface area contributed by atoms with Crippen LogP contribution in [-0.4, -0.2) is 178 Å². The normalized spacial score (nSPS) is 44.3. The fourth-order valence-corrected chi connectivity index (χ4v) is 9.10. The lowest BCUT2D eigenvalue weighted by Crippen LogP contribution is -2.60. The van der Waals surface area contributed by atoms with Crippen LogP contribution in [0.3, 0.4) is 0 Å². The lowest BCUT2D eigenvalue weighted by atomic mass is 9.81. The highest BCUT2D eigenvalue weighted by atomic mass is 16.7. The molecule has 19 heteroatoms. The Labute approximate surface area is 411 Å². The van der Waals surface area contributed by atoms with Crippen molar-refractivity contribution in [1.82, 2.24) is 5.32 Å². The van der Waals surface area contributed by atoms with Gasteiger partial charge in [0.25, 0.3) is 0 Å². The Morgan fingerprint density at radius 3 is 1.91 bits per heavy atom. The van der Waals surface area contributed by atoms with Gasteiger partial charge in [-0.25, -0.2) is 0 Å². The van der Waals surface area contributed by atoms with Gasteiger partial charge in [-0.2, -0.15) is 0 Å². The zero-order chi connectivity index (χ0) is 51.4. The number of aliphatic hydroxyl groups is 11. The third-order valence-corrected chi connectivity index (χ3v) is 13.1. The van der Waals surface area contributed by atoms with E-state index in [0.29, 0.717) is 25.7 Å². The summed E-state index contributed by atoms with van der Waals surface area (Å²) < 4.78 is 23.4. The molecule has 0 spiro atoms. The van der Waals surface area contributed by atoms with Gasteiger partial charge in [0.1, 0.15) is 12.2 Å². The maximum Gasteiger partial charge on any atom is 0.308 e. The molecule has 4 rings (SSSR count). The number of nitrogens with two attached hydrogens (primary N) is 1. The molecule has 0 aromatic heterocycles. The van der Waals surface area contributed by atoms with E-state index in [1.807, 2.05) is 37.3 Å². The molecule has 2 bridgehead atoms. The first-order valence-electron chi connectivity index (χ1n) is 24.6. The average molecular weight is 993 g/mol. The molecule has 3 heterocycles. The van der Waals surface area contributed by atoms with Gasteiger partial charge in [0.2, 0.25) is 5.91 Å². The summed E-state index contributed by atoms with van der Waals surface area (Å²) in [5, 5.41) is 122. The summed E-state index contributed by atoms with van der Waals surface area (Å²) in [7, 11) is 0. The number of cyclic esters (lactones) is 1. The van der Waals surface area contributed by atoms with Gasteiger partial charge in [-0.05, 0) is 51.9 Å². The molecule has 0 aromatic rings. The largest absolute Gasteiger partial charge is 0.462 e. The number of ether oxygens (including phenoxy) is 4. The van der Waals surface area contributed by atoms with E-state index in [1.165, 1.54) is 0 Å². The highest BCUT2D eigenvalue weighted by Gasteiger charge is 2.51. The second-order valence-corrected chi connectivity index (χ2v) is 19.4. The van der Waals surface area contributed by atoms with Crippen LogP contribution in [0.1, 0.15) is 97.3 Å². The number of hydrogen-bond acceptors (Lipinski definition) is 18. The van der Waals surface area contributed by atoms with Crippen molar-refractivity contribution in [3.8, 4) is 0 Å². The second-order valence-electron chi connectivity index (χ2n) is 19.4. The van der Waals surface area contributed by atoms with E-state index in [-0.39, 0.29) is 44.6 Å². The third kappa shape index (κ3) is 20.6. The molecular formula is C51H80N2O17. The molecule has 396 valence electrons. The molecule has 4 aliphatic rings. The number of esters is 1. The minimum Gasteiger partial charge on any atom is -0.462 e. The average Bonchev–Trinajstić information content (AvgIpc) is 3.27. The summed E-state index contributed by atoms with van der Waals surface area (Å²) in [6, 6.07) is -1.52. The predicted octanol–water partition coefficient (Wildman–Crippen LogP) is 0.412. The molecule has 14 N–H and O–H groups in total. The van der Waals surface area contributed by atoms with Crippen LogP contribution >= 0.6 is 0 Å². The quantitative estimate of drug-likeness (QED) is 0.170. The Kier molecular flexibility index (Phi) is 25.2. The van der Waals surface area contributed by atoms with Crippen LogP contribution in [0.15, 0.2) is 85.1 Å². The van der Waals surface area contributed by atoms with E-state index >= 15 is 0 Å². The smallest absolute Gasteiger partial charge is 0.308 e.